The van der Waals surface area contributed by atoms with E-state index in [-0.39, 0.29) is 11.8 Å². The highest BCUT2D eigenvalue weighted by atomic mass is 16.3. The van der Waals surface area contributed by atoms with Gasteiger partial charge in [-0.25, -0.2) is 0 Å². The van der Waals surface area contributed by atoms with E-state index in [9.17, 15) is 9.59 Å². The van der Waals surface area contributed by atoms with Crippen LogP contribution in [0.2, 0.25) is 0 Å². The van der Waals surface area contributed by atoms with Gasteiger partial charge in [-0.3, -0.25) is 9.59 Å². The summed E-state index contributed by atoms with van der Waals surface area (Å²) in [5.41, 5.74) is 1.34. The minimum absolute atomic E-state index is 0.0355. The van der Waals surface area contributed by atoms with E-state index in [1.54, 1.807) is 15.9 Å². The Balaban J connectivity index is 1.91. The van der Waals surface area contributed by atoms with Crippen LogP contribution >= 0.6 is 0 Å². The first kappa shape index (κ1) is 14.4. The van der Waals surface area contributed by atoms with Crippen LogP contribution in [0.25, 0.3) is 0 Å². The van der Waals surface area contributed by atoms with Gasteiger partial charge in [0.25, 0.3) is 5.91 Å². The number of hydrogen-bond donors (Lipinski definition) is 0. The summed E-state index contributed by atoms with van der Waals surface area (Å²) in [7, 11) is 0. The number of piperazine rings is 1. The van der Waals surface area contributed by atoms with Crippen LogP contribution in [-0.2, 0) is 4.79 Å². The SMILES string of the molecule is CCC=C(C)C(=O)N1CCN(C(=O)c2ccoc2)CC1. The molecule has 1 fully saturated rings. The predicted octanol–water partition coefficient (Wildman–Crippen LogP) is 1.92. The van der Waals surface area contributed by atoms with Gasteiger partial charge in [0, 0.05) is 31.8 Å². The molecular formula is C15H20N2O3. The molecule has 5 heteroatoms. The van der Waals surface area contributed by atoms with Crippen molar-refractivity contribution in [2.24, 2.45) is 0 Å². The van der Waals surface area contributed by atoms with E-state index in [2.05, 4.69) is 0 Å². The quantitative estimate of drug-likeness (QED) is 0.793. The van der Waals surface area contributed by atoms with Gasteiger partial charge in [0.2, 0.25) is 5.91 Å². The molecule has 2 amide bonds. The van der Waals surface area contributed by atoms with Crippen LogP contribution in [0.1, 0.15) is 30.6 Å². The fourth-order valence-electron chi connectivity index (χ4n) is 2.32. The number of amides is 2. The summed E-state index contributed by atoms with van der Waals surface area (Å²) in [5.74, 6) is 0.0360. The van der Waals surface area contributed by atoms with Crippen molar-refractivity contribution in [3.05, 3.63) is 35.8 Å². The zero-order valence-corrected chi connectivity index (χ0v) is 12.0. The first-order chi connectivity index (χ1) is 9.63. The van der Waals surface area contributed by atoms with Crippen LogP contribution in [0.5, 0.6) is 0 Å². The lowest BCUT2D eigenvalue weighted by atomic mass is 10.2. The number of rotatable bonds is 3. The van der Waals surface area contributed by atoms with Crippen LogP contribution in [0, 0.1) is 0 Å². The molecule has 0 atom stereocenters. The standard InChI is InChI=1S/C15H20N2O3/c1-3-4-12(2)14(18)16-6-8-17(9-7-16)15(19)13-5-10-20-11-13/h4-5,10-11H,3,6-9H2,1-2H3. The zero-order chi connectivity index (χ0) is 14.5. The summed E-state index contributed by atoms with van der Waals surface area (Å²) in [4.78, 5) is 27.8. The minimum Gasteiger partial charge on any atom is -0.472 e. The molecule has 1 aromatic heterocycles. The summed E-state index contributed by atoms with van der Waals surface area (Å²) >= 11 is 0. The van der Waals surface area contributed by atoms with Crippen molar-refractivity contribution in [3.8, 4) is 0 Å². The summed E-state index contributed by atoms with van der Waals surface area (Å²) in [6.45, 7) is 6.14. The molecule has 0 aliphatic carbocycles. The predicted molar refractivity (Wildman–Crippen MR) is 75.2 cm³/mol. The molecule has 0 saturated carbocycles. The Bertz CT molecular complexity index is 497. The van der Waals surface area contributed by atoms with Crippen molar-refractivity contribution in [3.63, 3.8) is 0 Å². The average Bonchev–Trinajstić information content (AvgIpc) is 3.00. The smallest absolute Gasteiger partial charge is 0.257 e. The van der Waals surface area contributed by atoms with Gasteiger partial charge in [0.1, 0.15) is 6.26 Å². The first-order valence-electron chi connectivity index (χ1n) is 6.91. The molecular weight excluding hydrogens is 256 g/mol. The Morgan fingerprint density at radius 2 is 1.90 bits per heavy atom. The highest BCUT2D eigenvalue weighted by molar-refractivity contribution is 5.95. The summed E-state index contributed by atoms with van der Waals surface area (Å²) in [6, 6.07) is 1.66. The third-order valence-corrected chi connectivity index (χ3v) is 3.47. The van der Waals surface area contributed by atoms with Gasteiger partial charge in [-0.2, -0.15) is 0 Å². The van der Waals surface area contributed by atoms with E-state index in [4.69, 9.17) is 4.42 Å². The third kappa shape index (κ3) is 3.10. The van der Waals surface area contributed by atoms with E-state index in [1.165, 1.54) is 12.5 Å². The van der Waals surface area contributed by atoms with Gasteiger partial charge in [-0.15, -0.1) is 0 Å². The second kappa shape index (κ2) is 6.41. The van der Waals surface area contributed by atoms with Crippen LogP contribution in [0.4, 0.5) is 0 Å². The normalized spacial score (nSPS) is 16.4. The Kier molecular flexibility index (Phi) is 4.61. The van der Waals surface area contributed by atoms with E-state index >= 15 is 0 Å². The van der Waals surface area contributed by atoms with Crippen molar-refractivity contribution >= 4 is 11.8 Å². The van der Waals surface area contributed by atoms with Crippen molar-refractivity contribution < 1.29 is 14.0 Å². The van der Waals surface area contributed by atoms with Crippen LogP contribution < -0.4 is 0 Å². The van der Waals surface area contributed by atoms with Gasteiger partial charge < -0.3 is 14.2 Å². The minimum atomic E-state index is -0.0355. The van der Waals surface area contributed by atoms with Crippen molar-refractivity contribution in [2.75, 3.05) is 26.2 Å². The largest absolute Gasteiger partial charge is 0.472 e. The maximum absolute atomic E-state index is 12.1. The lowest BCUT2D eigenvalue weighted by Crippen LogP contribution is -2.50. The second-order valence-electron chi connectivity index (χ2n) is 4.89. The van der Waals surface area contributed by atoms with Crippen LogP contribution in [0.15, 0.2) is 34.7 Å². The number of allylic oxidation sites excluding steroid dienone is 1. The fraction of sp³-hybridized carbons (Fsp3) is 0.467. The average molecular weight is 276 g/mol. The molecule has 2 rings (SSSR count). The molecule has 0 radical (unpaired) electrons. The van der Waals surface area contributed by atoms with Crippen molar-refractivity contribution in [1.82, 2.24) is 9.80 Å². The van der Waals surface area contributed by atoms with E-state index in [1.807, 2.05) is 19.9 Å². The van der Waals surface area contributed by atoms with Gasteiger partial charge >= 0.3 is 0 Å². The molecule has 0 spiro atoms. The second-order valence-corrected chi connectivity index (χ2v) is 4.89. The number of nitrogens with zero attached hydrogens (tertiary/aromatic N) is 2. The molecule has 1 aliphatic heterocycles. The number of carbonyl (C=O) groups is 2. The van der Waals surface area contributed by atoms with Crippen LogP contribution in [0.3, 0.4) is 0 Å². The molecule has 2 heterocycles. The molecule has 1 aromatic rings. The molecule has 0 aromatic carbocycles. The van der Waals surface area contributed by atoms with E-state index < -0.39 is 0 Å². The number of hydrogen-bond acceptors (Lipinski definition) is 3. The van der Waals surface area contributed by atoms with Gasteiger partial charge in [0.05, 0.1) is 11.8 Å². The first-order valence-corrected chi connectivity index (χ1v) is 6.91. The zero-order valence-electron chi connectivity index (χ0n) is 12.0. The summed E-state index contributed by atoms with van der Waals surface area (Å²) < 4.78 is 4.92. The summed E-state index contributed by atoms with van der Waals surface area (Å²) in [6.07, 6.45) is 5.74. The van der Waals surface area contributed by atoms with Gasteiger partial charge in [0.15, 0.2) is 0 Å². The molecule has 0 N–H and O–H groups in total. The maximum atomic E-state index is 12.1. The highest BCUT2D eigenvalue weighted by Crippen LogP contribution is 2.11. The highest BCUT2D eigenvalue weighted by Gasteiger charge is 2.25. The lowest BCUT2D eigenvalue weighted by molar-refractivity contribution is -0.128. The molecule has 108 valence electrons. The van der Waals surface area contributed by atoms with Gasteiger partial charge in [-0.1, -0.05) is 13.0 Å². The van der Waals surface area contributed by atoms with Crippen molar-refractivity contribution in [2.45, 2.75) is 20.3 Å². The Morgan fingerprint density at radius 3 is 2.45 bits per heavy atom. The maximum Gasteiger partial charge on any atom is 0.257 e. The molecule has 0 bridgehead atoms. The molecule has 1 aliphatic rings. The Labute approximate surface area is 118 Å². The topological polar surface area (TPSA) is 53.8 Å². The third-order valence-electron chi connectivity index (χ3n) is 3.47. The molecule has 20 heavy (non-hydrogen) atoms. The molecule has 5 nitrogen and oxygen atoms in total. The van der Waals surface area contributed by atoms with Crippen LogP contribution in [-0.4, -0.2) is 47.8 Å². The number of carbonyl (C=O) groups excluding carboxylic acids is 2. The van der Waals surface area contributed by atoms with E-state index in [0.29, 0.717) is 31.7 Å². The Hall–Kier alpha value is -2.04. The van der Waals surface area contributed by atoms with Gasteiger partial charge in [-0.05, 0) is 19.4 Å². The fourth-order valence-corrected chi connectivity index (χ4v) is 2.32. The molecule has 1 saturated heterocycles. The van der Waals surface area contributed by atoms with Crippen molar-refractivity contribution in [1.29, 1.82) is 0 Å². The number of furan rings is 1. The Morgan fingerprint density at radius 1 is 1.25 bits per heavy atom. The summed E-state index contributed by atoms with van der Waals surface area (Å²) in [5, 5.41) is 0. The van der Waals surface area contributed by atoms with E-state index in [0.717, 1.165) is 12.0 Å². The monoisotopic (exact) mass is 276 g/mol. The molecule has 0 unspecified atom stereocenters. The lowest BCUT2D eigenvalue weighted by Gasteiger charge is -2.34.